The summed E-state index contributed by atoms with van der Waals surface area (Å²) in [5.41, 5.74) is 7.58. The first-order chi connectivity index (χ1) is 7.09. The number of nitrogens with two attached hydrogens (primary N) is 1. The lowest BCUT2D eigenvalue weighted by Gasteiger charge is -2.05. The molecule has 0 bridgehead atoms. The molecule has 0 aliphatic rings. The standard InChI is InChI=1S/C10H14N2O2S/c1-7-2-8(4-12-3-7)5-15-6-9(11)10(13)14/h2-4,9H,5-6,11H2,1H3,(H,13,14)/t9-/m0/s1. The highest BCUT2D eigenvalue weighted by molar-refractivity contribution is 7.98. The number of aromatic nitrogens is 1. The summed E-state index contributed by atoms with van der Waals surface area (Å²) >= 11 is 1.51. The first-order valence-corrected chi connectivity index (χ1v) is 5.71. The van der Waals surface area contributed by atoms with E-state index in [1.807, 2.05) is 13.0 Å². The van der Waals surface area contributed by atoms with Crippen LogP contribution in [0.15, 0.2) is 18.5 Å². The third-order valence-electron chi connectivity index (χ3n) is 1.81. The Hall–Kier alpha value is -1.07. The van der Waals surface area contributed by atoms with Crippen molar-refractivity contribution in [2.45, 2.75) is 18.7 Å². The minimum absolute atomic E-state index is 0.420. The minimum atomic E-state index is -0.954. The van der Waals surface area contributed by atoms with Crippen molar-refractivity contribution in [3.8, 4) is 0 Å². The number of thioether (sulfide) groups is 1. The van der Waals surface area contributed by atoms with Gasteiger partial charge in [-0.2, -0.15) is 11.8 Å². The second-order valence-electron chi connectivity index (χ2n) is 3.33. The molecule has 0 fully saturated rings. The monoisotopic (exact) mass is 226 g/mol. The number of rotatable bonds is 5. The number of carboxylic acids is 1. The van der Waals surface area contributed by atoms with Crippen molar-refractivity contribution in [3.63, 3.8) is 0 Å². The number of pyridine rings is 1. The van der Waals surface area contributed by atoms with E-state index in [-0.39, 0.29) is 0 Å². The number of hydrogen-bond donors (Lipinski definition) is 2. The van der Waals surface area contributed by atoms with E-state index in [0.29, 0.717) is 5.75 Å². The molecule has 1 rings (SSSR count). The summed E-state index contributed by atoms with van der Waals surface area (Å²) in [5.74, 6) is 0.212. The molecule has 4 nitrogen and oxygen atoms in total. The molecule has 3 N–H and O–H groups in total. The van der Waals surface area contributed by atoms with Crippen LogP contribution in [-0.2, 0) is 10.5 Å². The molecule has 0 unspecified atom stereocenters. The molecule has 0 aliphatic heterocycles. The van der Waals surface area contributed by atoms with Crippen molar-refractivity contribution in [1.29, 1.82) is 0 Å². The highest BCUT2D eigenvalue weighted by atomic mass is 32.2. The Balaban J connectivity index is 2.35. The molecule has 1 heterocycles. The highest BCUT2D eigenvalue weighted by Crippen LogP contribution is 2.12. The van der Waals surface area contributed by atoms with Crippen LogP contribution in [-0.4, -0.2) is 27.9 Å². The molecular weight excluding hydrogens is 212 g/mol. The van der Waals surface area contributed by atoms with Crippen LogP contribution in [0.5, 0.6) is 0 Å². The van der Waals surface area contributed by atoms with Gasteiger partial charge < -0.3 is 10.8 Å². The smallest absolute Gasteiger partial charge is 0.321 e. The molecule has 0 radical (unpaired) electrons. The van der Waals surface area contributed by atoms with Crippen molar-refractivity contribution in [1.82, 2.24) is 4.98 Å². The Labute approximate surface area is 92.9 Å². The Morgan fingerprint density at radius 3 is 3.00 bits per heavy atom. The average molecular weight is 226 g/mol. The van der Waals surface area contributed by atoms with E-state index in [1.165, 1.54) is 11.8 Å². The van der Waals surface area contributed by atoms with E-state index in [2.05, 4.69) is 4.98 Å². The van der Waals surface area contributed by atoms with E-state index in [0.717, 1.165) is 16.9 Å². The third kappa shape index (κ3) is 4.31. The summed E-state index contributed by atoms with van der Waals surface area (Å²) in [6, 6.07) is 1.25. The molecule has 1 aromatic rings. The number of aliphatic carboxylic acids is 1. The molecule has 1 aromatic heterocycles. The predicted octanol–water partition coefficient (Wildman–Crippen LogP) is 1.04. The summed E-state index contributed by atoms with van der Waals surface area (Å²) in [4.78, 5) is 14.5. The van der Waals surface area contributed by atoms with Gasteiger partial charge in [-0.3, -0.25) is 9.78 Å². The summed E-state index contributed by atoms with van der Waals surface area (Å²) in [6.07, 6.45) is 3.57. The van der Waals surface area contributed by atoms with Crippen LogP contribution >= 0.6 is 11.8 Å². The van der Waals surface area contributed by atoms with Gasteiger partial charge in [0.2, 0.25) is 0 Å². The highest BCUT2D eigenvalue weighted by Gasteiger charge is 2.10. The second-order valence-corrected chi connectivity index (χ2v) is 4.36. The molecular formula is C10H14N2O2S. The van der Waals surface area contributed by atoms with Gasteiger partial charge in [0.1, 0.15) is 6.04 Å². The van der Waals surface area contributed by atoms with Crippen molar-refractivity contribution in [3.05, 3.63) is 29.6 Å². The van der Waals surface area contributed by atoms with E-state index in [4.69, 9.17) is 10.8 Å². The topological polar surface area (TPSA) is 76.2 Å². The lowest BCUT2D eigenvalue weighted by molar-refractivity contribution is -0.137. The van der Waals surface area contributed by atoms with E-state index in [9.17, 15) is 4.79 Å². The number of aryl methyl sites for hydroxylation is 1. The predicted molar refractivity (Wildman–Crippen MR) is 60.7 cm³/mol. The van der Waals surface area contributed by atoms with Gasteiger partial charge in [-0.1, -0.05) is 6.07 Å². The van der Waals surface area contributed by atoms with Gasteiger partial charge in [-0.05, 0) is 18.1 Å². The zero-order valence-corrected chi connectivity index (χ0v) is 9.33. The Morgan fingerprint density at radius 1 is 1.67 bits per heavy atom. The van der Waals surface area contributed by atoms with E-state index < -0.39 is 12.0 Å². The van der Waals surface area contributed by atoms with Gasteiger partial charge in [-0.15, -0.1) is 0 Å². The first kappa shape index (κ1) is 12.0. The molecule has 0 aliphatic carbocycles. The minimum Gasteiger partial charge on any atom is -0.480 e. The van der Waals surface area contributed by atoms with E-state index in [1.54, 1.807) is 12.4 Å². The van der Waals surface area contributed by atoms with Crippen LogP contribution in [0, 0.1) is 6.92 Å². The fourth-order valence-corrected chi connectivity index (χ4v) is 1.98. The summed E-state index contributed by atoms with van der Waals surface area (Å²) < 4.78 is 0. The van der Waals surface area contributed by atoms with Crippen molar-refractivity contribution in [2.24, 2.45) is 5.73 Å². The normalized spacial score (nSPS) is 12.4. The summed E-state index contributed by atoms with van der Waals surface area (Å²) in [7, 11) is 0. The number of nitrogens with zero attached hydrogens (tertiary/aromatic N) is 1. The number of carboxylic acid groups (broad SMARTS) is 1. The van der Waals surface area contributed by atoms with Gasteiger partial charge >= 0.3 is 5.97 Å². The van der Waals surface area contributed by atoms with Gasteiger partial charge in [0.15, 0.2) is 0 Å². The average Bonchev–Trinajstić information content (AvgIpc) is 2.17. The van der Waals surface area contributed by atoms with Gasteiger partial charge in [0, 0.05) is 23.9 Å². The Kier molecular flexibility index (Phi) is 4.58. The molecule has 0 aromatic carbocycles. The van der Waals surface area contributed by atoms with Crippen LogP contribution in [0.2, 0.25) is 0 Å². The second kappa shape index (κ2) is 5.72. The van der Waals surface area contributed by atoms with Crippen LogP contribution in [0.3, 0.4) is 0 Å². The SMILES string of the molecule is Cc1cncc(CSC[C@H](N)C(=O)O)c1. The zero-order chi connectivity index (χ0) is 11.3. The summed E-state index contributed by atoms with van der Waals surface area (Å²) in [5, 5.41) is 8.57. The molecule has 0 saturated carbocycles. The Morgan fingerprint density at radius 2 is 2.40 bits per heavy atom. The molecule has 82 valence electrons. The molecule has 0 amide bonds. The fraction of sp³-hybridized carbons (Fsp3) is 0.400. The molecule has 1 atom stereocenters. The van der Waals surface area contributed by atoms with Crippen LogP contribution in [0.4, 0.5) is 0 Å². The number of carbonyl (C=O) groups is 1. The molecule has 0 saturated heterocycles. The first-order valence-electron chi connectivity index (χ1n) is 4.56. The number of hydrogen-bond acceptors (Lipinski definition) is 4. The quantitative estimate of drug-likeness (QED) is 0.784. The lowest BCUT2D eigenvalue weighted by Crippen LogP contribution is -2.32. The zero-order valence-electron chi connectivity index (χ0n) is 8.51. The van der Waals surface area contributed by atoms with Crippen LogP contribution < -0.4 is 5.73 Å². The summed E-state index contributed by atoms with van der Waals surface area (Å²) in [6.45, 7) is 1.98. The van der Waals surface area contributed by atoms with Crippen molar-refractivity contribution in [2.75, 3.05) is 5.75 Å². The lowest BCUT2D eigenvalue weighted by atomic mass is 10.2. The van der Waals surface area contributed by atoms with E-state index >= 15 is 0 Å². The Bertz CT molecular complexity index is 344. The third-order valence-corrected chi connectivity index (χ3v) is 2.95. The molecule has 0 spiro atoms. The largest absolute Gasteiger partial charge is 0.480 e. The van der Waals surface area contributed by atoms with Gasteiger partial charge in [-0.25, -0.2) is 0 Å². The van der Waals surface area contributed by atoms with Crippen LogP contribution in [0.25, 0.3) is 0 Å². The maximum Gasteiger partial charge on any atom is 0.321 e. The fourth-order valence-electron chi connectivity index (χ4n) is 1.07. The molecule has 5 heteroatoms. The van der Waals surface area contributed by atoms with Gasteiger partial charge in [0.25, 0.3) is 0 Å². The van der Waals surface area contributed by atoms with Gasteiger partial charge in [0.05, 0.1) is 0 Å². The van der Waals surface area contributed by atoms with Crippen LogP contribution in [0.1, 0.15) is 11.1 Å². The molecule has 15 heavy (non-hydrogen) atoms. The van der Waals surface area contributed by atoms with Crippen molar-refractivity contribution < 1.29 is 9.90 Å². The maximum absolute atomic E-state index is 10.4. The maximum atomic E-state index is 10.4. The van der Waals surface area contributed by atoms with Crippen molar-refractivity contribution >= 4 is 17.7 Å².